The van der Waals surface area contributed by atoms with E-state index in [1.807, 2.05) is 45.0 Å². The SMILES string of the molecule is CC(=O)OCc1ccccc1NCCOC(C)(C)C. The van der Waals surface area contributed by atoms with Crippen LogP contribution in [0.5, 0.6) is 0 Å². The minimum absolute atomic E-state index is 0.126. The lowest BCUT2D eigenvalue weighted by atomic mass is 10.2. The van der Waals surface area contributed by atoms with Crippen LogP contribution < -0.4 is 5.32 Å². The minimum Gasteiger partial charge on any atom is -0.461 e. The molecule has 4 heteroatoms. The predicted molar refractivity (Wildman–Crippen MR) is 76.1 cm³/mol. The van der Waals surface area contributed by atoms with E-state index in [-0.39, 0.29) is 11.6 Å². The molecule has 1 aromatic carbocycles. The van der Waals surface area contributed by atoms with Gasteiger partial charge in [-0.3, -0.25) is 4.79 Å². The highest BCUT2D eigenvalue weighted by molar-refractivity contribution is 5.66. The van der Waals surface area contributed by atoms with Crippen molar-refractivity contribution < 1.29 is 14.3 Å². The molecule has 1 rings (SSSR count). The number of rotatable bonds is 6. The van der Waals surface area contributed by atoms with E-state index in [0.29, 0.717) is 19.8 Å². The quantitative estimate of drug-likeness (QED) is 0.634. The predicted octanol–water partition coefficient (Wildman–Crippen LogP) is 2.98. The van der Waals surface area contributed by atoms with Crippen LogP contribution in [0.25, 0.3) is 0 Å². The van der Waals surface area contributed by atoms with Crippen LogP contribution in [0.2, 0.25) is 0 Å². The van der Waals surface area contributed by atoms with Crippen molar-refractivity contribution in [1.29, 1.82) is 0 Å². The van der Waals surface area contributed by atoms with Gasteiger partial charge in [0, 0.05) is 24.7 Å². The number of hydrogen-bond donors (Lipinski definition) is 1. The lowest BCUT2D eigenvalue weighted by Crippen LogP contribution is -2.23. The fourth-order valence-electron chi connectivity index (χ4n) is 1.54. The van der Waals surface area contributed by atoms with Crippen LogP contribution in [0.3, 0.4) is 0 Å². The molecule has 106 valence electrons. The summed E-state index contributed by atoms with van der Waals surface area (Å²) in [5.74, 6) is -0.272. The molecule has 0 bridgehead atoms. The summed E-state index contributed by atoms with van der Waals surface area (Å²) in [6, 6.07) is 7.78. The fraction of sp³-hybridized carbons (Fsp3) is 0.533. The van der Waals surface area contributed by atoms with Crippen LogP contribution in [0.4, 0.5) is 5.69 Å². The van der Waals surface area contributed by atoms with Crippen LogP contribution in [0.1, 0.15) is 33.3 Å². The Kier molecular flexibility index (Phi) is 5.83. The lowest BCUT2D eigenvalue weighted by Gasteiger charge is -2.20. The van der Waals surface area contributed by atoms with Crippen molar-refractivity contribution in [2.45, 2.75) is 39.9 Å². The van der Waals surface area contributed by atoms with E-state index in [9.17, 15) is 4.79 Å². The second-order valence-electron chi connectivity index (χ2n) is 5.33. The van der Waals surface area contributed by atoms with Gasteiger partial charge in [0.1, 0.15) is 6.61 Å². The first-order valence-electron chi connectivity index (χ1n) is 6.47. The Morgan fingerprint density at radius 1 is 1.26 bits per heavy atom. The normalized spacial score (nSPS) is 11.2. The molecule has 0 radical (unpaired) electrons. The molecule has 0 aliphatic heterocycles. The third-order valence-electron chi connectivity index (χ3n) is 2.40. The van der Waals surface area contributed by atoms with E-state index in [2.05, 4.69) is 5.32 Å². The number of ether oxygens (including phenoxy) is 2. The Morgan fingerprint density at radius 2 is 1.95 bits per heavy atom. The van der Waals surface area contributed by atoms with Gasteiger partial charge in [-0.2, -0.15) is 0 Å². The molecule has 0 amide bonds. The largest absolute Gasteiger partial charge is 0.461 e. The molecule has 0 aliphatic rings. The summed E-state index contributed by atoms with van der Waals surface area (Å²) in [5.41, 5.74) is 1.81. The molecule has 0 saturated heterocycles. The van der Waals surface area contributed by atoms with Crippen molar-refractivity contribution in [1.82, 2.24) is 0 Å². The van der Waals surface area contributed by atoms with Gasteiger partial charge in [-0.15, -0.1) is 0 Å². The number of nitrogens with one attached hydrogen (secondary N) is 1. The van der Waals surface area contributed by atoms with Crippen molar-refractivity contribution in [2.24, 2.45) is 0 Å². The van der Waals surface area contributed by atoms with E-state index in [1.54, 1.807) is 0 Å². The Bertz CT molecular complexity index is 410. The summed E-state index contributed by atoms with van der Waals surface area (Å²) in [7, 11) is 0. The summed E-state index contributed by atoms with van der Waals surface area (Å²) >= 11 is 0. The van der Waals surface area contributed by atoms with Crippen LogP contribution in [-0.4, -0.2) is 24.7 Å². The van der Waals surface area contributed by atoms with E-state index >= 15 is 0 Å². The van der Waals surface area contributed by atoms with Gasteiger partial charge in [-0.1, -0.05) is 18.2 Å². The van der Waals surface area contributed by atoms with Crippen molar-refractivity contribution in [3.63, 3.8) is 0 Å². The molecule has 1 aromatic rings. The third kappa shape index (κ3) is 6.82. The highest BCUT2D eigenvalue weighted by Gasteiger charge is 2.09. The van der Waals surface area contributed by atoms with Gasteiger partial charge in [0.15, 0.2) is 0 Å². The van der Waals surface area contributed by atoms with Crippen molar-refractivity contribution in [3.8, 4) is 0 Å². The summed E-state index contributed by atoms with van der Waals surface area (Å²) in [6.07, 6.45) is 0. The monoisotopic (exact) mass is 265 g/mol. The van der Waals surface area contributed by atoms with Gasteiger partial charge < -0.3 is 14.8 Å². The van der Waals surface area contributed by atoms with E-state index < -0.39 is 0 Å². The zero-order valence-corrected chi connectivity index (χ0v) is 12.2. The Balaban J connectivity index is 2.46. The second kappa shape index (κ2) is 7.14. The van der Waals surface area contributed by atoms with Crippen LogP contribution >= 0.6 is 0 Å². The molecule has 0 aliphatic carbocycles. The molecule has 0 heterocycles. The summed E-state index contributed by atoms with van der Waals surface area (Å²) in [4.78, 5) is 10.8. The van der Waals surface area contributed by atoms with Crippen LogP contribution in [0.15, 0.2) is 24.3 Å². The minimum atomic E-state index is -0.272. The zero-order chi connectivity index (χ0) is 14.3. The molecular weight excluding hydrogens is 242 g/mol. The van der Waals surface area contributed by atoms with E-state index in [1.165, 1.54) is 6.92 Å². The number of para-hydroxylation sites is 1. The van der Waals surface area contributed by atoms with E-state index in [4.69, 9.17) is 9.47 Å². The molecule has 4 nitrogen and oxygen atoms in total. The number of benzene rings is 1. The van der Waals surface area contributed by atoms with Crippen molar-refractivity contribution in [3.05, 3.63) is 29.8 Å². The molecule has 0 aromatic heterocycles. The first-order chi connectivity index (χ1) is 8.88. The average Bonchev–Trinajstić information content (AvgIpc) is 2.32. The second-order valence-corrected chi connectivity index (χ2v) is 5.33. The number of hydrogen-bond acceptors (Lipinski definition) is 4. The maximum Gasteiger partial charge on any atom is 0.302 e. The Labute approximate surface area is 115 Å². The standard InChI is InChI=1S/C15H23NO3/c1-12(17)18-11-13-7-5-6-8-14(13)16-9-10-19-15(2,3)4/h5-8,16H,9-11H2,1-4H3. The van der Waals surface area contributed by atoms with Gasteiger partial charge in [-0.05, 0) is 26.8 Å². The molecule has 0 spiro atoms. The van der Waals surface area contributed by atoms with Crippen molar-refractivity contribution >= 4 is 11.7 Å². The number of carbonyl (C=O) groups is 1. The lowest BCUT2D eigenvalue weighted by molar-refractivity contribution is -0.142. The molecule has 0 saturated carbocycles. The zero-order valence-electron chi connectivity index (χ0n) is 12.2. The maximum atomic E-state index is 10.8. The molecule has 19 heavy (non-hydrogen) atoms. The van der Waals surface area contributed by atoms with Crippen LogP contribution in [0, 0.1) is 0 Å². The fourth-order valence-corrected chi connectivity index (χ4v) is 1.54. The molecule has 0 unspecified atom stereocenters. The highest BCUT2D eigenvalue weighted by atomic mass is 16.5. The molecular formula is C15H23NO3. The smallest absolute Gasteiger partial charge is 0.302 e. The third-order valence-corrected chi connectivity index (χ3v) is 2.40. The topological polar surface area (TPSA) is 47.6 Å². The van der Waals surface area contributed by atoms with Gasteiger partial charge in [0.05, 0.1) is 12.2 Å². The van der Waals surface area contributed by atoms with Gasteiger partial charge >= 0.3 is 5.97 Å². The van der Waals surface area contributed by atoms with Crippen molar-refractivity contribution in [2.75, 3.05) is 18.5 Å². The Hall–Kier alpha value is -1.55. The first kappa shape index (κ1) is 15.5. The number of esters is 1. The number of anilines is 1. The maximum absolute atomic E-state index is 10.8. The van der Waals surface area contributed by atoms with Gasteiger partial charge in [0.25, 0.3) is 0 Å². The van der Waals surface area contributed by atoms with Crippen LogP contribution in [-0.2, 0) is 20.9 Å². The van der Waals surface area contributed by atoms with E-state index in [0.717, 1.165) is 11.3 Å². The first-order valence-corrected chi connectivity index (χ1v) is 6.47. The summed E-state index contributed by atoms with van der Waals surface area (Å²) in [5, 5.41) is 3.29. The van der Waals surface area contributed by atoms with Gasteiger partial charge in [-0.25, -0.2) is 0 Å². The molecule has 0 atom stereocenters. The Morgan fingerprint density at radius 3 is 2.58 bits per heavy atom. The van der Waals surface area contributed by atoms with Gasteiger partial charge in [0.2, 0.25) is 0 Å². The summed E-state index contributed by atoms with van der Waals surface area (Å²) < 4.78 is 10.7. The highest BCUT2D eigenvalue weighted by Crippen LogP contribution is 2.16. The summed E-state index contributed by atoms with van der Waals surface area (Å²) in [6.45, 7) is 9.14. The molecule has 0 fully saturated rings. The average molecular weight is 265 g/mol. The number of carbonyl (C=O) groups excluding carboxylic acids is 1. The molecule has 1 N–H and O–H groups in total.